The zero-order valence-electron chi connectivity index (χ0n) is 15.6. The fourth-order valence-electron chi connectivity index (χ4n) is 3.57. The summed E-state index contributed by atoms with van der Waals surface area (Å²) in [5.41, 5.74) is 3.36. The maximum absolute atomic E-state index is 13.0. The minimum atomic E-state index is -0.0232. The van der Waals surface area contributed by atoms with Crippen LogP contribution in [0.5, 0.6) is 0 Å². The summed E-state index contributed by atoms with van der Waals surface area (Å²) in [4.78, 5) is 25.0. The minimum absolute atomic E-state index is 0.0232. The summed E-state index contributed by atoms with van der Waals surface area (Å²) in [6.45, 7) is 4.18. The van der Waals surface area contributed by atoms with Gasteiger partial charge in [-0.3, -0.25) is 9.78 Å². The fourth-order valence-corrected chi connectivity index (χ4v) is 5.29. The monoisotopic (exact) mass is 400 g/mol. The zero-order chi connectivity index (χ0) is 18.8. The summed E-state index contributed by atoms with van der Waals surface area (Å²) in [5, 5.41) is 7.72. The van der Waals surface area contributed by atoms with Gasteiger partial charge in [-0.15, -0.1) is 22.7 Å². The predicted octanol–water partition coefficient (Wildman–Crippen LogP) is 5.30. The molecule has 1 saturated carbocycles. The second-order valence-electron chi connectivity index (χ2n) is 7.35. The van der Waals surface area contributed by atoms with E-state index in [4.69, 9.17) is 0 Å². The first kappa shape index (κ1) is 18.4. The van der Waals surface area contributed by atoms with Crippen molar-refractivity contribution in [1.82, 2.24) is 15.3 Å². The Kier molecular flexibility index (Phi) is 5.41. The van der Waals surface area contributed by atoms with E-state index in [2.05, 4.69) is 40.5 Å². The summed E-state index contributed by atoms with van der Waals surface area (Å²) in [6, 6.07) is 2.63. The molecule has 7 heteroatoms. The van der Waals surface area contributed by atoms with Crippen LogP contribution < -0.4 is 10.6 Å². The Bertz CT molecular complexity index is 927. The van der Waals surface area contributed by atoms with Crippen LogP contribution in [0.15, 0.2) is 24.0 Å². The first-order valence-corrected chi connectivity index (χ1v) is 11.2. The van der Waals surface area contributed by atoms with Gasteiger partial charge in [0.05, 0.1) is 21.6 Å². The van der Waals surface area contributed by atoms with Gasteiger partial charge in [0.2, 0.25) is 0 Å². The molecule has 1 amide bonds. The van der Waals surface area contributed by atoms with E-state index in [-0.39, 0.29) is 18.0 Å². The number of nitrogens with one attached hydrogen (secondary N) is 2. The number of rotatable bonds is 5. The molecule has 0 unspecified atom stereocenters. The summed E-state index contributed by atoms with van der Waals surface area (Å²) >= 11 is 3.26. The Hall–Kier alpha value is -1.99. The van der Waals surface area contributed by atoms with Gasteiger partial charge in [0.25, 0.3) is 5.91 Å². The molecule has 3 aromatic heterocycles. The number of carbonyl (C=O) groups excluding carboxylic acids is 1. The minimum Gasteiger partial charge on any atom is -0.382 e. The van der Waals surface area contributed by atoms with Gasteiger partial charge in [-0.2, -0.15) is 0 Å². The zero-order valence-corrected chi connectivity index (χ0v) is 17.3. The first-order chi connectivity index (χ1) is 13.1. The third kappa shape index (κ3) is 3.99. The lowest BCUT2D eigenvalue weighted by atomic mass is 9.95. The Morgan fingerprint density at radius 1 is 1.19 bits per heavy atom. The molecular formula is C20H24N4OS2. The molecule has 3 aromatic rings. The molecule has 0 bridgehead atoms. The topological polar surface area (TPSA) is 66.9 Å². The van der Waals surface area contributed by atoms with Crippen LogP contribution in [0.25, 0.3) is 20.0 Å². The number of carbonyl (C=O) groups is 1. The van der Waals surface area contributed by atoms with E-state index in [0.717, 1.165) is 38.5 Å². The van der Waals surface area contributed by atoms with Gasteiger partial charge in [0.15, 0.2) is 0 Å². The van der Waals surface area contributed by atoms with Crippen LogP contribution in [0.4, 0.5) is 5.69 Å². The van der Waals surface area contributed by atoms with Gasteiger partial charge < -0.3 is 10.6 Å². The van der Waals surface area contributed by atoms with Crippen molar-refractivity contribution in [1.29, 1.82) is 0 Å². The molecule has 0 atom stereocenters. The van der Waals surface area contributed by atoms with Crippen LogP contribution >= 0.6 is 22.7 Å². The number of aromatic nitrogens is 2. The van der Waals surface area contributed by atoms with Crippen molar-refractivity contribution in [3.05, 3.63) is 29.5 Å². The molecule has 27 heavy (non-hydrogen) atoms. The van der Waals surface area contributed by atoms with Gasteiger partial charge in [0.1, 0.15) is 4.83 Å². The number of thiophene rings is 1. The van der Waals surface area contributed by atoms with Crippen molar-refractivity contribution < 1.29 is 4.79 Å². The predicted molar refractivity (Wildman–Crippen MR) is 114 cm³/mol. The molecule has 2 N–H and O–H groups in total. The lowest BCUT2D eigenvalue weighted by molar-refractivity contribution is 0.0928. The van der Waals surface area contributed by atoms with Crippen LogP contribution in [-0.4, -0.2) is 28.0 Å². The second kappa shape index (κ2) is 7.94. The lowest BCUT2D eigenvalue weighted by Crippen LogP contribution is -2.36. The average molecular weight is 401 g/mol. The normalized spacial score (nSPS) is 15.4. The van der Waals surface area contributed by atoms with Crippen molar-refractivity contribution in [2.24, 2.45) is 0 Å². The third-order valence-corrected chi connectivity index (χ3v) is 6.87. The molecule has 3 heterocycles. The van der Waals surface area contributed by atoms with Gasteiger partial charge in [0, 0.05) is 34.7 Å². The highest BCUT2D eigenvalue weighted by atomic mass is 32.1. The second-order valence-corrected chi connectivity index (χ2v) is 9.27. The van der Waals surface area contributed by atoms with Gasteiger partial charge in [-0.05, 0) is 32.8 Å². The van der Waals surface area contributed by atoms with Gasteiger partial charge in [-0.1, -0.05) is 19.3 Å². The number of thiazole rings is 1. The number of pyridine rings is 1. The van der Waals surface area contributed by atoms with Crippen LogP contribution in [0.3, 0.4) is 0 Å². The average Bonchev–Trinajstić information content (AvgIpc) is 3.32. The lowest BCUT2D eigenvalue weighted by Gasteiger charge is -2.23. The molecule has 1 aliphatic carbocycles. The van der Waals surface area contributed by atoms with Crippen molar-refractivity contribution in [2.45, 2.75) is 58.0 Å². The maximum Gasteiger partial charge on any atom is 0.255 e. The van der Waals surface area contributed by atoms with Crippen molar-refractivity contribution in [3.8, 4) is 9.75 Å². The maximum atomic E-state index is 13.0. The van der Waals surface area contributed by atoms with E-state index < -0.39 is 0 Å². The molecule has 142 valence electrons. The van der Waals surface area contributed by atoms with E-state index in [1.165, 1.54) is 19.3 Å². The van der Waals surface area contributed by atoms with E-state index in [9.17, 15) is 4.79 Å². The standard InChI is InChI=1S/C20H24N4OS2/c1-12(2)23-18-14-8-16(17-10-21-11-26-17)27-20(14)22-9-15(18)19(25)24-13-6-4-3-5-7-13/h8-13H,3-7H2,1-2H3,(H,22,23)(H,24,25). The third-order valence-electron chi connectivity index (χ3n) is 4.86. The van der Waals surface area contributed by atoms with Crippen molar-refractivity contribution in [3.63, 3.8) is 0 Å². The molecule has 5 nitrogen and oxygen atoms in total. The molecule has 4 rings (SSSR count). The SMILES string of the molecule is CC(C)Nc1c(C(=O)NC2CCCCC2)cnc2sc(-c3cncs3)cc12. The Morgan fingerprint density at radius 2 is 2.00 bits per heavy atom. The number of fused-ring (bicyclic) bond motifs is 1. The van der Waals surface area contributed by atoms with Gasteiger partial charge >= 0.3 is 0 Å². The van der Waals surface area contributed by atoms with Crippen molar-refractivity contribution >= 4 is 44.5 Å². The Balaban J connectivity index is 1.71. The largest absolute Gasteiger partial charge is 0.382 e. The summed E-state index contributed by atoms with van der Waals surface area (Å²) < 4.78 is 0. The first-order valence-electron chi connectivity index (χ1n) is 9.50. The highest BCUT2D eigenvalue weighted by Gasteiger charge is 2.22. The molecule has 1 aliphatic rings. The number of anilines is 1. The molecule has 0 aromatic carbocycles. The molecule has 1 fully saturated rings. The van der Waals surface area contributed by atoms with E-state index in [1.54, 1.807) is 28.9 Å². The molecule has 0 radical (unpaired) electrons. The summed E-state index contributed by atoms with van der Waals surface area (Å²) in [5.74, 6) is -0.0232. The van der Waals surface area contributed by atoms with Gasteiger partial charge in [-0.25, -0.2) is 4.98 Å². The number of nitrogens with zero attached hydrogens (tertiary/aromatic N) is 2. The quantitative estimate of drug-likeness (QED) is 0.610. The number of amides is 1. The number of hydrogen-bond acceptors (Lipinski definition) is 6. The van der Waals surface area contributed by atoms with Crippen LogP contribution in [0.2, 0.25) is 0 Å². The fraction of sp³-hybridized carbons (Fsp3) is 0.450. The summed E-state index contributed by atoms with van der Waals surface area (Å²) in [6.07, 6.45) is 9.41. The molecule has 0 spiro atoms. The van der Waals surface area contributed by atoms with Crippen LogP contribution in [0, 0.1) is 0 Å². The van der Waals surface area contributed by atoms with E-state index in [1.807, 2.05) is 11.7 Å². The van der Waals surface area contributed by atoms with E-state index in [0.29, 0.717) is 5.56 Å². The highest BCUT2D eigenvalue weighted by Crippen LogP contribution is 2.38. The molecule has 0 aliphatic heterocycles. The highest BCUT2D eigenvalue weighted by molar-refractivity contribution is 7.25. The Labute approximate surface area is 167 Å². The molecule has 0 saturated heterocycles. The van der Waals surface area contributed by atoms with Crippen LogP contribution in [0.1, 0.15) is 56.3 Å². The molecular weight excluding hydrogens is 376 g/mol. The number of hydrogen-bond donors (Lipinski definition) is 2. The smallest absolute Gasteiger partial charge is 0.255 e. The Morgan fingerprint density at radius 3 is 2.70 bits per heavy atom. The summed E-state index contributed by atoms with van der Waals surface area (Å²) in [7, 11) is 0. The van der Waals surface area contributed by atoms with Crippen molar-refractivity contribution in [2.75, 3.05) is 5.32 Å². The van der Waals surface area contributed by atoms with Crippen LogP contribution in [-0.2, 0) is 0 Å². The van der Waals surface area contributed by atoms with E-state index >= 15 is 0 Å².